The Kier molecular flexibility index (Phi) is 6.35. The molecule has 164 valence electrons. The maximum absolute atomic E-state index is 13.3. The van der Waals surface area contributed by atoms with Crippen molar-refractivity contribution >= 4 is 23.4 Å². The zero-order valence-corrected chi connectivity index (χ0v) is 19.0. The van der Waals surface area contributed by atoms with Gasteiger partial charge in [0.25, 0.3) is 0 Å². The van der Waals surface area contributed by atoms with E-state index in [0.717, 1.165) is 22.3 Å². The third-order valence-electron chi connectivity index (χ3n) is 6.47. The van der Waals surface area contributed by atoms with Crippen LogP contribution in [0.3, 0.4) is 0 Å². The van der Waals surface area contributed by atoms with E-state index >= 15 is 0 Å². The molecule has 0 atom stereocenters. The van der Waals surface area contributed by atoms with Crippen LogP contribution in [0, 0.1) is 31.1 Å². The number of benzene rings is 1. The second-order valence-corrected chi connectivity index (χ2v) is 9.16. The Labute approximate surface area is 184 Å². The number of carbonyl (C=O) groups excluding carboxylic acids is 4. The Balaban J connectivity index is 1.85. The van der Waals surface area contributed by atoms with E-state index in [4.69, 9.17) is 0 Å². The Bertz CT molecular complexity index is 971. The van der Waals surface area contributed by atoms with E-state index < -0.39 is 11.3 Å². The first-order chi connectivity index (χ1) is 14.6. The number of hydrogen-bond acceptors (Lipinski definition) is 4. The third kappa shape index (κ3) is 4.56. The molecular weight excluding hydrogens is 392 g/mol. The number of rotatable bonds is 3. The van der Waals surface area contributed by atoms with Gasteiger partial charge in [0.1, 0.15) is 17.5 Å². The van der Waals surface area contributed by atoms with Crippen molar-refractivity contribution in [1.29, 1.82) is 0 Å². The summed E-state index contributed by atoms with van der Waals surface area (Å²) in [6, 6.07) is 3.86. The molecule has 0 N–H and O–H groups in total. The van der Waals surface area contributed by atoms with Crippen molar-refractivity contribution in [2.24, 2.45) is 5.41 Å². The first-order valence-corrected chi connectivity index (χ1v) is 10.6. The number of ketones is 2. The molecule has 1 aromatic carbocycles. The van der Waals surface area contributed by atoms with E-state index in [1.807, 2.05) is 26.0 Å². The van der Waals surface area contributed by atoms with Crippen molar-refractivity contribution in [1.82, 2.24) is 9.80 Å². The third-order valence-corrected chi connectivity index (χ3v) is 6.47. The summed E-state index contributed by atoms with van der Waals surface area (Å²) in [7, 11) is 3.29. The molecular formula is C25H30N2O4. The highest BCUT2D eigenvalue weighted by molar-refractivity contribution is 6.10. The highest BCUT2D eigenvalue weighted by Gasteiger charge is 2.49. The van der Waals surface area contributed by atoms with Gasteiger partial charge in [0.2, 0.25) is 11.8 Å². The smallest absolute Gasteiger partial charge is 0.241 e. The van der Waals surface area contributed by atoms with Crippen LogP contribution in [-0.4, -0.2) is 60.4 Å². The SMILES string of the molecule is CC#Cc1cc(C)c(C2C(=O)CC3(CCC(=O)N(CC(=O)N(C)C)C3)CC2=O)c(C)c1. The van der Waals surface area contributed by atoms with Gasteiger partial charge < -0.3 is 9.80 Å². The summed E-state index contributed by atoms with van der Waals surface area (Å²) in [5, 5.41) is 0. The van der Waals surface area contributed by atoms with Gasteiger partial charge in [-0.05, 0) is 56.0 Å². The fourth-order valence-corrected chi connectivity index (χ4v) is 4.99. The maximum atomic E-state index is 13.3. The maximum Gasteiger partial charge on any atom is 0.241 e. The number of nitrogens with zero attached hydrogens (tertiary/aromatic N) is 2. The predicted molar refractivity (Wildman–Crippen MR) is 117 cm³/mol. The zero-order valence-electron chi connectivity index (χ0n) is 19.0. The molecule has 1 aromatic rings. The normalized spacial score (nSPS) is 23.6. The van der Waals surface area contributed by atoms with Crippen molar-refractivity contribution < 1.29 is 19.2 Å². The number of carbonyl (C=O) groups is 4. The van der Waals surface area contributed by atoms with E-state index in [1.165, 1.54) is 9.80 Å². The number of piperidine rings is 1. The van der Waals surface area contributed by atoms with Gasteiger partial charge >= 0.3 is 0 Å². The Morgan fingerprint density at radius 3 is 2.23 bits per heavy atom. The summed E-state index contributed by atoms with van der Waals surface area (Å²) < 4.78 is 0. The van der Waals surface area contributed by atoms with Crippen molar-refractivity contribution in [3.63, 3.8) is 0 Å². The fraction of sp³-hybridized carbons (Fsp3) is 0.520. The topological polar surface area (TPSA) is 74.8 Å². The fourth-order valence-electron chi connectivity index (χ4n) is 4.99. The summed E-state index contributed by atoms with van der Waals surface area (Å²) in [6.45, 7) is 5.87. The molecule has 1 heterocycles. The summed E-state index contributed by atoms with van der Waals surface area (Å²) >= 11 is 0. The van der Waals surface area contributed by atoms with E-state index in [9.17, 15) is 19.2 Å². The number of amides is 2. The average Bonchev–Trinajstić information content (AvgIpc) is 2.66. The molecule has 2 fully saturated rings. The monoisotopic (exact) mass is 422 g/mol. The van der Waals surface area contributed by atoms with Crippen LogP contribution in [0.1, 0.15) is 60.8 Å². The minimum atomic E-state index is -0.760. The van der Waals surface area contributed by atoms with E-state index in [0.29, 0.717) is 6.42 Å². The molecule has 6 nitrogen and oxygen atoms in total. The summed E-state index contributed by atoms with van der Waals surface area (Å²) in [5.74, 6) is 4.70. The highest BCUT2D eigenvalue weighted by Crippen LogP contribution is 2.45. The van der Waals surface area contributed by atoms with Crippen LogP contribution in [0.15, 0.2) is 12.1 Å². The molecule has 2 aliphatic rings. The number of Topliss-reactive ketones (excluding diaryl/α,β-unsaturated/α-hetero) is 2. The Morgan fingerprint density at radius 1 is 1.13 bits per heavy atom. The number of likely N-dealkylation sites (tertiary alicyclic amines) is 1. The molecule has 0 radical (unpaired) electrons. The molecule has 1 aliphatic heterocycles. The highest BCUT2D eigenvalue weighted by atomic mass is 16.2. The zero-order chi connectivity index (χ0) is 22.9. The minimum Gasteiger partial charge on any atom is -0.347 e. The number of likely N-dealkylation sites (N-methyl/N-ethyl adjacent to an activating group) is 1. The second-order valence-electron chi connectivity index (χ2n) is 9.16. The summed E-state index contributed by atoms with van der Waals surface area (Å²) in [6.07, 6.45) is 1.26. The van der Waals surface area contributed by atoms with Gasteiger partial charge in [-0.2, -0.15) is 0 Å². The molecule has 1 saturated carbocycles. The lowest BCUT2D eigenvalue weighted by Crippen LogP contribution is -2.53. The standard InChI is InChI=1S/C25H30N2O4/c1-6-7-18-10-16(2)23(17(3)11-18)24-19(28)12-25(13-20(24)29)9-8-21(30)27(15-25)14-22(31)26(4)5/h10-11,24H,8-9,12-15H2,1-5H3. The molecule has 3 rings (SSSR count). The lowest BCUT2D eigenvalue weighted by atomic mass is 9.63. The van der Waals surface area contributed by atoms with Crippen molar-refractivity contribution in [2.75, 3.05) is 27.2 Å². The first-order valence-electron chi connectivity index (χ1n) is 10.6. The van der Waals surface area contributed by atoms with Crippen LogP contribution >= 0.6 is 0 Å². The van der Waals surface area contributed by atoms with Gasteiger partial charge in [0.05, 0.1) is 6.54 Å². The van der Waals surface area contributed by atoms with Crippen LogP contribution in [0.4, 0.5) is 0 Å². The minimum absolute atomic E-state index is 0.0163. The van der Waals surface area contributed by atoms with Crippen LogP contribution in [0.2, 0.25) is 0 Å². The molecule has 1 aliphatic carbocycles. The van der Waals surface area contributed by atoms with Gasteiger partial charge in [-0.1, -0.05) is 5.92 Å². The summed E-state index contributed by atoms with van der Waals surface area (Å²) in [4.78, 5) is 54.0. The van der Waals surface area contributed by atoms with Gasteiger partial charge in [0.15, 0.2) is 0 Å². The van der Waals surface area contributed by atoms with E-state index in [2.05, 4.69) is 11.8 Å². The van der Waals surface area contributed by atoms with E-state index in [1.54, 1.807) is 21.0 Å². The van der Waals surface area contributed by atoms with Crippen LogP contribution in [-0.2, 0) is 19.2 Å². The molecule has 2 amide bonds. The quantitative estimate of drug-likeness (QED) is 0.554. The van der Waals surface area contributed by atoms with Crippen molar-refractivity contribution in [3.8, 4) is 11.8 Å². The van der Waals surface area contributed by atoms with Gasteiger partial charge in [0, 0.05) is 50.9 Å². The first kappa shape index (κ1) is 22.7. The van der Waals surface area contributed by atoms with Crippen LogP contribution < -0.4 is 0 Å². The molecule has 31 heavy (non-hydrogen) atoms. The Hall–Kier alpha value is -2.94. The Morgan fingerprint density at radius 2 is 1.71 bits per heavy atom. The lowest BCUT2D eigenvalue weighted by molar-refractivity contribution is -0.149. The lowest BCUT2D eigenvalue weighted by Gasteiger charge is -2.45. The second kappa shape index (κ2) is 8.66. The molecule has 1 spiro atoms. The largest absolute Gasteiger partial charge is 0.347 e. The molecule has 0 unspecified atom stereocenters. The molecule has 0 aromatic heterocycles. The van der Waals surface area contributed by atoms with Gasteiger partial charge in [-0.3, -0.25) is 19.2 Å². The van der Waals surface area contributed by atoms with Crippen LogP contribution in [0.25, 0.3) is 0 Å². The number of hydrogen-bond donors (Lipinski definition) is 0. The van der Waals surface area contributed by atoms with Crippen molar-refractivity contribution in [2.45, 2.75) is 52.4 Å². The molecule has 6 heteroatoms. The predicted octanol–water partition coefficient (Wildman–Crippen LogP) is 2.39. The molecule has 0 bridgehead atoms. The van der Waals surface area contributed by atoms with Crippen molar-refractivity contribution in [3.05, 3.63) is 34.4 Å². The van der Waals surface area contributed by atoms with E-state index in [-0.39, 0.29) is 55.7 Å². The van der Waals surface area contributed by atoms with Gasteiger partial charge in [-0.15, -0.1) is 5.92 Å². The summed E-state index contributed by atoms with van der Waals surface area (Å²) in [5.41, 5.74) is 2.90. The molecule has 1 saturated heterocycles. The van der Waals surface area contributed by atoms with Gasteiger partial charge in [-0.25, -0.2) is 0 Å². The van der Waals surface area contributed by atoms with Crippen LogP contribution in [0.5, 0.6) is 0 Å². The number of aryl methyl sites for hydroxylation is 2. The average molecular weight is 423 g/mol.